The van der Waals surface area contributed by atoms with Gasteiger partial charge in [0.2, 0.25) is 5.11 Å². The van der Waals surface area contributed by atoms with Crippen LogP contribution >= 0.6 is 23.8 Å². The highest BCUT2D eigenvalue weighted by atomic mass is 35.5. The lowest BCUT2D eigenvalue weighted by Gasteiger charge is -2.11. The molecule has 0 aliphatic heterocycles. The zero-order valence-electron chi connectivity index (χ0n) is 13.4. The number of methoxy groups -OCH3 is 1. The van der Waals surface area contributed by atoms with E-state index < -0.39 is 0 Å². The predicted octanol–water partition coefficient (Wildman–Crippen LogP) is 1.44. The van der Waals surface area contributed by atoms with Crippen molar-refractivity contribution in [1.29, 1.82) is 0 Å². The second-order valence-electron chi connectivity index (χ2n) is 4.78. The number of ether oxygens (including phenoxy) is 2. The Morgan fingerprint density at radius 3 is 2.75 bits per heavy atom. The maximum atomic E-state index is 6.14. The van der Waals surface area contributed by atoms with E-state index in [-0.39, 0.29) is 0 Å². The number of hydrogen-bond donors (Lipinski definition) is 3. The van der Waals surface area contributed by atoms with Gasteiger partial charge in [0.25, 0.3) is 0 Å². The SMILES string of the molecule is CNC(=S)N[NH+]=Cc1ccc(OCc2ccccc2Cl)c(OC)c1. The van der Waals surface area contributed by atoms with Gasteiger partial charge in [-0.15, -0.1) is 10.5 Å². The average molecular weight is 365 g/mol. The van der Waals surface area contributed by atoms with E-state index in [2.05, 4.69) is 15.8 Å². The van der Waals surface area contributed by atoms with Crippen LogP contribution < -0.4 is 25.3 Å². The lowest BCUT2D eigenvalue weighted by atomic mass is 10.2. The summed E-state index contributed by atoms with van der Waals surface area (Å²) in [7, 11) is 3.34. The molecule has 0 amide bonds. The summed E-state index contributed by atoms with van der Waals surface area (Å²) < 4.78 is 11.2. The minimum Gasteiger partial charge on any atom is -0.493 e. The molecule has 2 aromatic carbocycles. The molecule has 0 saturated carbocycles. The molecule has 2 aromatic rings. The van der Waals surface area contributed by atoms with Crippen molar-refractivity contribution in [3.8, 4) is 11.5 Å². The quantitative estimate of drug-likeness (QED) is 0.411. The molecule has 0 unspecified atom stereocenters. The molecule has 0 aromatic heterocycles. The van der Waals surface area contributed by atoms with Crippen LogP contribution in [0, 0.1) is 0 Å². The van der Waals surface area contributed by atoms with Crippen LogP contribution in [0.4, 0.5) is 0 Å². The zero-order valence-corrected chi connectivity index (χ0v) is 15.0. The van der Waals surface area contributed by atoms with E-state index in [9.17, 15) is 0 Å². The fraction of sp³-hybridized carbons (Fsp3) is 0.176. The standard InChI is InChI=1S/C17H18ClN3O2S/c1-19-17(24)21-20-10-12-7-8-15(16(9-12)22-2)23-11-13-5-3-4-6-14(13)18/h3-10H,11H2,1-2H3,(H2,19,21,24)/p+1. The van der Waals surface area contributed by atoms with Gasteiger partial charge >= 0.3 is 0 Å². The van der Waals surface area contributed by atoms with Crippen LogP contribution in [0.15, 0.2) is 42.5 Å². The Labute approximate surface area is 151 Å². The van der Waals surface area contributed by atoms with Gasteiger partial charge < -0.3 is 14.8 Å². The smallest absolute Gasteiger partial charge is 0.223 e. The average Bonchev–Trinajstić information content (AvgIpc) is 2.61. The van der Waals surface area contributed by atoms with Crippen LogP contribution in [-0.4, -0.2) is 25.5 Å². The molecule has 0 heterocycles. The molecule has 5 nitrogen and oxygen atoms in total. The molecular formula is C17H19ClN3O2S+. The van der Waals surface area contributed by atoms with Gasteiger partial charge in [-0.1, -0.05) is 29.8 Å². The number of hydrogen-bond acceptors (Lipinski definition) is 3. The molecule has 2 rings (SSSR count). The van der Waals surface area contributed by atoms with Crippen molar-refractivity contribution in [3.05, 3.63) is 58.6 Å². The topological polar surface area (TPSA) is 56.5 Å². The normalized spacial score (nSPS) is 10.5. The van der Waals surface area contributed by atoms with Crippen LogP contribution in [-0.2, 0) is 6.61 Å². The maximum absolute atomic E-state index is 6.14. The second-order valence-corrected chi connectivity index (χ2v) is 5.60. The van der Waals surface area contributed by atoms with Crippen molar-refractivity contribution in [2.45, 2.75) is 6.61 Å². The van der Waals surface area contributed by atoms with E-state index in [0.717, 1.165) is 11.1 Å². The van der Waals surface area contributed by atoms with Gasteiger partial charge in [0.1, 0.15) is 6.61 Å². The van der Waals surface area contributed by atoms with E-state index in [4.69, 9.17) is 33.3 Å². The van der Waals surface area contributed by atoms with Crippen LogP contribution in [0.3, 0.4) is 0 Å². The summed E-state index contributed by atoms with van der Waals surface area (Å²) in [4.78, 5) is 0. The summed E-state index contributed by atoms with van der Waals surface area (Å²) in [5.74, 6) is 1.28. The summed E-state index contributed by atoms with van der Waals surface area (Å²) in [6.07, 6.45) is 1.77. The lowest BCUT2D eigenvalue weighted by Crippen LogP contribution is -2.82. The molecule has 0 bridgehead atoms. The fourth-order valence-electron chi connectivity index (χ4n) is 1.91. The van der Waals surface area contributed by atoms with Gasteiger partial charge in [-0.2, -0.15) is 0 Å². The zero-order chi connectivity index (χ0) is 17.4. The van der Waals surface area contributed by atoms with Crippen molar-refractivity contribution in [2.24, 2.45) is 0 Å². The first kappa shape index (κ1) is 18.0. The van der Waals surface area contributed by atoms with Crippen LogP contribution in [0.1, 0.15) is 11.1 Å². The van der Waals surface area contributed by atoms with Crippen LogP contribution in [0.25, 0.3) is 0 Å². The molecule has 126 valence electrons. The Bertz CT molecular complexity index is 738. The number of hydrazine groups is 1. The van der Waals surface area contributed by atoms with E-state index in [1.54, 1.807) is 20.4 Å². The van der Waals surface area contributed by atoms with E-state index in [0.29, 0.717) is 28.2 Å². The Balaban J connectivity index is 2.06. The van der Waals surface area contributed by atoms with E-state index in [1.165, 1.54) is 0 Å². The first-order valence-corrected chi connectivity index (χ1v) is 8.03. The fourth-order valence-corrected chi connectivity index (χ4v) is 2.16. The summed E-state index contributed by atoms with van der Waals surface area (Å²) in [6, 6.07) is 13.2. The van der Waals surface area contributed by atoms with E-state index in [1.807, 2.05) is 42.5 Å². The monoisotopic (exact) mass is 364 g/mol. The molecule has 0 atom stereocenters. The van der Waals surface area contributed by atoms with E-state index >= 15 is 0 Å². The molecular weight excluding hydrogens is 346 g/mol. The Morgan fingerprint density at radius 1 is 1.25 bits per heavy atom. The number of rotatable bonds is 6. The molecule has 7 heteroatoms. The predicted molar refractivity (Wildman–Crippen MR) is 99.7 cm³/mol. The highest BCUT2D eigenvalue weighted by molar-refractivity contribution is 7.80. The van der Waals surface area contributed by atoms with Crippen LogP contribution in [0.2, 0.25) is 5.02 Å². The Kier molecular flexibility index (Phi) is 6.84. The molecule has 0 aliphatic carbocycles. The van der Waals surface area contributed by atoms with Gasteiger partial charge in [-0.05, 0) is 36.5 Å². The van der Waals surface area contributed by atoms with Crippen LogP contribution in [0.5, 0.6) is 11.5 Å². The third-order valence-electron chi connectivity index (χ3n) is 3.18. The molecule has 24 heavy (non-hydrogen) atoms. The van der Waals surface area contributed by atoms with Crippen molar-refractivity contribution in [1.82, 2.24) is 10.7 Å². The Hall–Kier alpha value is -2.31. The molecule has 3 N–H and O–H groups in total. The summed E-state index contributed by atoms with van der Waals surface area (Å²) in [6.45, 7) is 0.370. The van der Waals surface area contributed by atoms with Gasteiger partial charge in [0, 0.05) is 23.2 Å². The third kappa shape index (κ3) is 5.11. The molecule has 0 fully saturated rings. The molecule has 0 radical (unpaired) electrons. The third-order valence-corrected chi connectivity index (χ3v) is 3.86. The van der Waals surface area contributed by atoms with Gasteiger partial charge in [-0.3, -0.25) is 0 Å². The highest BCUT2D eigenvalue weighted by Crippen LogP contribution is 2.29. The number of hydrazone groups is 1. The molecule has 0 spiro atoms. The summed E-state index contributed by atoms with van der Waals surface area (Å²) >= 11 is 11.1. The summed E-state index contributed by atoms with van der Waals surface area (Å²) in [5.41, 5.74) is 4.64. The van der Waals surface area contributed by atoms with Crippen molar-refractivity contribution in [3.63, 3.8) is 0 Å². The Morgan fingerprint density at radius 2 is 2.04 bits per heavy atom. The first-order valence-electron chi connectivity index (χ1n) is 7.24. The van der Waals surface area contributed by atoms with Crippen molar-refractivity contribution in [2.75, 3.05) is 14.2 Å². The van der Waals surface area contributed by atoms with Crippen molar-refractivity contribution >= 4 is 35.1 Å². The highest BCUT2D eigenvalue weighted by Gasteiger charge is 2.08. The maximum Gasteiger partial charge on any atom is 0.223 e. The number of nitrogens with one attached hydrogen (secondary N) is 3. The number of halogens is 1. The van der Waals surface area contributed by atoms with Gasteiger partial charge in [0.05, 0.1) is 7.11 Å². The molecule has 0 aliphatic rings. The van der Waals surface area contributed by atoms with Gasteiger partial charge in [-0.25, -0.2) is 0 Å². The van der Waals surface area contributed by atoms with Crippen molar-refractivity contribution < 1.29 is 14.6 Å². The first-order chi connectivity index (χ1) is 11.6. The number of thiocarbonyl (C=S) groups is 1. The summed E-state index contributed by atoms with van der Waals surface area (Å²) in [5, 5.41) is 6.87. The largest absolute Gasteiger partial charge is 0.493 e. The lowest BCUT2D eigenvalue weighted by molar-refractivity contribution is -0.500. The second kappa shape index (κ2) is 9.10. The molecule has 0 saturated heterocycles. The minimum atomic E-state index is 0.370. The number of benzene rings is 2. The minimum absolute atomic E-state index is 0.370. The van der Waals surface area contributed by atoms with Gasteiger partial charge in [0.15, 0.2) is 17.7 Å².